The van der Waals surface area contributed by atoms with Gasteiger partial charge in [-0.3, -0.25) is 9.69 Å². The molecule has 0 saturated heterocycles. The second kappa shape index (κ2) is 7.83. The molecule has 2 aromatic rings. The van der Waals surface area contributed by atoms with Crippen molar-refractivity contribution in [3.8, 4) is 0 Å². The molecule has 1 aliphatic rings. The first-order valence-electron chi connectivity index (χ1n) is 8.67. The van der Waals surface area contributed by atoms with Crippen LogP contribution in [-0.2, 0) is 4.79 Å². The minimum absolute atomic E-state index is 0.214. The second-order valence-corrected chi connectivity index (χ2v) is 6.36. The van der Waals surface area contributed by atoms with E-state index in [2.05, 4.69) is 5.32 Å². The molecule has 1 saturated carbocycles. The lowest BCUT2D eigenvalue weighted by Gasteiger charge is -2.32. The van der Waals surface area contributed by atoms with Crippen molar-refractivity contribution in [1.29, 1.82) is 0 Å². The molecule has 3 N–H and O–H groups in total. The molecule has 2 aromatic carbocycles. The van der Waals surface area contributed by atoms with E-state index in [4.69, 9.17) is 5.73 Å². The average Bonchev–Trinajstić information content (AvgIpc) is 2.64. The Kier molecular flexibility index (Phi) is 5.33. The fraction of sp³-hybridized carbons (Fsp3) is 0.300. The van der Waals surface area contributed by atoms with Gasteiger partial charge in [0.1, 0.15) is 0 Å². The van der Waals surface area contributed by atoms with Crippen LogP contribution >= 0.6 is 0 Å². The van der Waals surface area contributed by atoms with Crippen LogP contribution in [0, 0.1) is 5.92 Å². The number of carbonyl (C=O) groups is 2. The van der Waals surface area contributed by atoms with Crippen molar-refractivity contribution in [2.45, 2.75) is 31.7 Å². The molecule has 0 bridgehead atoms. The molecule has 0 aliphatic heterocycles. The van der Waals surface area contributed by atoms with Crippen LogP contribution in [-0.4, -0.2) is 18.0 Å². The molecule has 3 amide bonds. The number of primary amides is 1. The SMILES string of the molecule is NC(=O)[C@H]1CCCC[C@H]1NC(=O)N(c1ccccc1)c1ccccc1. The van der Waals surface area contributed by atoms with E-state index in [9.17, 15) is 9.59 Å². The number of nitrogens with two attached hydrogens (primary N) is 1. The molecular weight excluding hydrogens is 314 g/mol. The fourth-order valence-electron chi connectivity index (χ4n) is 3.41. The number of urea groups is 1. The number of carbonyl (C=O) groups excluding carboxylic acids is 2. The number of hydrogen-bond acceptors (Lipinski definition) is 2. The van der Waals surface area contributed by atoms with Gasteiger partial charge in [0.2, 0.25) is 5.91 Å². The van der Waals surface area contributed by atoms with Crippen molar-refractivity contribution >= 4 is 23.3 Å². The van der Waals surface area contributed by atoms with Crippen molar-refractivity contribution < 1.29 is 9.59 Å². The molecule has 5 heteroatoms. The van der Waals surface area contributed by atoms with Gasteiger partial charge < -0.3 is 11.1 Å². The molecule has 1 aliphatic carbocycles. The van der Waals surface area contributed by atoms with Crippen LogP contribution in [0.5, 0.6) is 0 Å². The molecule has 0 aromatic heterocycles. The van der Waals surface area contributed by atoms with E-state index in [0.717, 1.165) is 37.1 Å². The topological polar surface area (TPSA) is 75.4 Å². The molecule has 0 spiro atoms. The van der Waals surface area contributed by atoms with Crippen LogP contribution in [0.4, 0.5) is 16.2 Å². The molecule has 1 fully saturated rings. The van der Waals surface area contributed by atoms with Gasteiger partial charge in [-0.1, -0.05) is 49.2 Å². The standard InChI is InChI=1S/C20H23N3O2/c21-19(24)17-13-7-8-14-18(17)22-20(25)23(15-9-3-1-4-10-15)16-11-5-2-6-12-16/h1-6,9-12,17-18H,7-8,13-14H2,(H2,21,24)(H,22,25)/t17-,18+/m0/s1. The molecule has 2 atom stereocenters. The Hall–Kier alpha value is -2.82. The van der Waals surface area contributed by atoms with Gasteiger partial charge in [0.05, 0.1) is 17.3 Å². The quantitative estimate of drug-likeness (QED) is 0.895. The first-order chi connectivity index (χ1) is 12.2. The van der Waals surface area contributed by atoms with Crippen molar-refractivity contribution in [1.82, 2.24) is 5.32 Å². The van der Waals surface area contributed by atoms with Gasteiger partial charge in [-0.05, 0) is 37.1 Å². The maximum atomic E-state index is 13.0. The van der Waals surface area contributed by atoms with E-state index in [0.29, 0.717) is 0 Å². The van der Waals surface area contributed by atoms with Crippen LogP contribution in [0.2, 0.25) is 0 Å². The third-order valence-corrected chi connectivity index (χ3v) is 4.67. The van der Waals surface area contributed by atoms with Crippen LogP contribution in [0.15, 0.2) is 60.7 Å². The number of hydrogen-bond donors (Lipinski definition) is 2. The van der Waals surface area contributed by atoms with Gasteiger partial charge >= 0.3 is 6.03 Å². The second-order valence-electron chi connectivity index (χ2n) is 6.36. The smallest absolute Gasteiger partial charge is 0.326 e. The van der Waals surface area contributed by atoms with Gasteiger partial charge in [-0.25, -0.2) is 4.79 Å². The molecule has 130 valence electrons. The molecule has 3 rings (SSSR count). The van der Waals surface area contributed by atoms with Crippen molar-refractivity contribution in [2.24, 2.45) is 11.7 Å². The summed E-state index contributed by atoms with van der Waals surface area (Å²) in [6.07, 6.45) is 3.47. The zero-order valence-corrected chi connectivity index (χ0v) is 14.1. The lowest BCUT2D eigenvalue weighted by Crippen LogP contribution is -2.50. The predicted molar refractivity (Wildman–Crippen MR) is 98.5 cm³/mol. The van der Waals surface area contributed by atoms with Gasteiger partial charge in [0.15, 0.2) is 0 Å². The minimum Gasteiger partial charge on any atom is -0.369 e. The van der Waals surface area contributed by atoms with Gasteiger partial charge in [0.25, 0.3) is 0 Å². The highest BCUT2D eigenvalue weighted by atomic mass is 16.2. The van der Waals surface area contributed by atoms with E-state index in [1.807, 2.05) is 60.7 Å². The van der Waals surface area contributed by atoms with Gasteiger partial charge in [0, 0.05) is 6.04 Å². The van der Waals surface area contributed by atoms with Gasteiger partial charge in [-0.15, -0.1) is 0 Å². The summed E-state index contributed by atoms with van der Waals surface area (Å²) in [5.41, 5.74) is 7.08. The number of nitrogens with one attached hydrogen (secondary N) is 1. The number of nitrogens with zero attached hydrogens (tertiary/aromatic N) is 1. The summed E-state index contributed by atoms with van der Waals surface area (Å²) in [6, 6.07) is 18.5. The van der Waals surface area contributed by atoms with Crippen LogP contribution in [0.25, 0.3) is 0 Å². The largest absolute Gasteiger partial charge is 0.369 e. The van der Waals surface area contributed by atoms with Gasteiger partial charge in [-0.2, -0.15) is 0 Å². The van der Waals surface area contributed by atoms with Crippen LogP contribution < -0.4 is 16.0 Å². The molecule has 0 unspecified atom stereocenters. The average molecular weight is 337 g/mol. The number of benzene rings is 2. The Bertz CT molecular complexity index is 679. The molecule has 0 heterocycles. The lowest BCUT2D eigenvalue weighted by molar-refractivity contribution is -0.123. The summed E-state index contributed by atoms with van der Waals surface area (Å²) < 4.78 is 0. The van der Waals surface area contributed by atoms with E-state index >= 15 is 0 Å². The Labute approximate surface area is 147 Å². The monoisotopic (exact) mass is 337 g/mol. The number of para-hydroxylation sites is 2. The third-order valence-electron chi connectivity index (χ3n) is 4.67. The zero-order chi connectivity index (χ0) is 17.6. The van der Waals surface area contributed by atoms with Crippen molar-refractivity contribution in [2.75, 3.05) is 4.90 Å². The highest BCUT2D eigenvalue weighted by Crippen LogP contribution is 2.28. The molecule has 5 nitrogen and oxygen atoms in total. The number of amides is 3. The molecule has 0 radical (unpaired) electrons. The zero-order valence-electron chi connectivity index (χ0n) is 14.1. The molecule has 25 heavy (non-hydrogen) atoms. The van der Waals surface area contributed by atoms with E-state index in [1.165, 1.54) is 0 Å². The minimum atomic E-state index is -0.337. The van der Waals surface area contributed by atoms with E-state index in [1.54, 1.807) is 4.90 Å². The summed E-state index contributed by atoms with van der Waals surface area (Å²) in [5.74, 6) is -0.637. The van der Waals surface area contributed by atoms with Crippen molar-refractivity contribution in [3.05, 3.63) is 60.7 Å². The Morgan fingerprint density at radius 2 is 1.40 bits per heavy atom. The van der Waals surface area contributed by atoms with Crippen LogP contribution in [0.3, 0.4) is 0 Å². The summed E-state index contributed by atoms with van der Waals surface area (Å²) in [5, 5.41) is 3.03. The first kappa shape index (κ1) is 17.0. The van der Waals surface area contributed by atoms with Crippen LogP contribution in [0.1, 0.15) is 25.7 Å². The fourth-order valence-corrected chi connectivity index (χ4v) is 3.41. The third kappa shape index (κ3) is 3.99. The maximum absolute atomic E-state index is 13.0. The Balaban J connectivity index is 1.86. The molecular formula is C20H23N3O2. The van der Waals surface area contributed by atoms with Crippen molar-refractivity contribution in [3.63, 3.8) is 0 Å². The number of rotatable bonds is 4. The maximum Gasteiger partial charge on any atom is 0.326 e. The first-order valence-corrected chi connectivity index (χ1v) is 8.67. The summed E-state index contributed by atoms with van der Waals surface area (Å²) >= 11 is 0. The Morgan fingerprint density at radius 3 is 1.92 bits per heavy atom. The summed E-state index contributed by atoms with van der Waals surface area (Å²) in [6.45, 7) is 0. The Morgan fingerprint density at radius 1 is 0.880 bits per heavy atom. The predicted octanol–water partition coefficient (Wildman–Crippen LogP) is 3.58. The number of anilines is 2. The summed E-state index contributed by atoms with van der Waals surface area (Å²) in [7, 11) is 0. The lowest BCUT2D eigenvalue weighted by atomic mass is 9.84. The highest BCUT2D eigenvalue weighted by Gasteiger charge is 2.32. The normalized spacial score (nSPS) is 19.8. The highest BCUT2D eigenvalue weighted by molar-refractivity contribution is 5.99. The van der Waals surface area contributed by atoms with E-state index < -0.39 is 0 Å². The summed E-state index contributed by atoms with van der Waals surface area (Å²) in [4.78, 5) is 26.4. The van der Waals surface area contributed by atoms with E-state index in [-0.39, 0.29) is 23.9 Å².